The van der Waals surface area contributed by atoms with Crippen LogP contribution in [0.1, 0.15) is 58.3 Å². The minimum absolute atomic E-state index is 0.0448. The molecule has 0 spiro atoms. The van der Waals surface area contributed by atoms with E-state index in [9.17, 15) is 23.1 Å². The molecule has 23 heavy (non-hydrogen) atoms. The van der Waals surface area contributed by atoms with Gasteiger partial charge >= 0.3 is 12.2 Å². The predicted octanol–water partition coefficient (Wildman–Crippen LogP) is 3.35. The van der Waals surface area contributed by atoms with E-state index in [1.54, 1.807) is 0 Å². The van der Waals surface area contributed by atoms with Crippen LogP contribution in [-0.4, -0.2) is 36.0 Å². The smallest absolute Gasteiger partial charge is 0.391 e. The maximum absolute atomic E-state index is 12.8. The Morgan fingerprint density at radius 3 is 2.61 bits per heavy atom. The van der Waals surface area contributed by atoms with Crippen molar-refractivity contribution >= 4 is 6.03 Å². The molecule has 2 fully saturated rings. The van der Waals surface area contributed by atoms with Crippen molar-refractivity contribution in [3.63, 3.8) is 0 Å². The van der Waals surface area contributed by atoms with Crippen LogP contribution in [0.4, 0.5) is 18.0 Å². The minimum Gasteiger partial charge on any atom is -0.392 e. The van der Waals surface area contributed by atoms with Gasteiger partial charge in [-0.1, -0.05) is 26.2 Å². The van der Waals surface area contributed by atoms with Gasteiger partial charge in [0.1, 0.15) is 0 Å². The van der Waals surface area contributed by atoms with Gasteiger partial charge in [0.15, 0.2) is 0 Å². The highest BCUT2D eigenvalue weighted by atomic mass is 19.4. The molecule has 0 aliphatic heterocycles. The lowest BCUT2D eigenvalue weighted by Crippen LogP contribution is -2.50. The quantitative estimate of drug-likeness (QED) is 0.740. The van der Waals surface area contributed by atoms with Crippen molar-refractivity contribution in [1.29, 1.82) is 0 Å². The van der Waals surface area contributed by atoms with Gasteiger partial charge in [0.05, 0.1) is 12.0 Å². The van der Waals surface area contributed by atoms with Crippen LogP contribution in [0.5, 0.6) is 0 Å². The van der Waals surface area contributed by atoms with E-state index in [1.165, 1.54) is 0 Å². The van der Waals surface area contributed by atoms with Gasteiger partial charge < -0.3 is 15.7 Å². The molecule has 134 valence electrons. The summed E-state index contributed by atoms with van der Waals surface area (Å²) in [6.45, 7) is 2.28. The maximum Gasteiger partial charge on any atom is 0.391 e. The molecule has 2 amide bonds. The molecule has 2 aliphatic rings. The summed E-state index contributed by atoms with van der Waals surface area (Å²) in [7, 11) is 0. The van der Waals surface area contributed by atoms with Crippen LogP contribution in [0, 0.1) is 11.3 Å². The number of urea groups is 1. The number of halogens is 3. The number of hydrogen-bond donors (Lipinski definition) is 3. The van der Waals surface area contributed by atoms with Gasteiger partial charge in [0, 0.05) is 18.0 Å². The fraction of sp³-hybridized carbons (Fsp3) is 0.938. The van der Waals surface area contributed by atoms with Crippen LogP contribution in [0.2, 0.25) is 0 Å². The number of rotatable bonds is 3. The van der Waals surface area contributed by atoms with Gasteiger partial charge in [-0.25, -0.2) is 4.79 Å². The van der Waals surface area contributed by atoms with Crippen LogP contribution in [-0.2, 0) is 0 Å². The molecule has 0 saturated heterocycles. The van der Waals surface area contributed by atoms with E-state index < -0.39 is 30.3 Å². The zero-order chi connectivity index (χ0) is 17.1. The lowest BCUT2D eigenvalue weighted by Gasteiger charge is -2.38. The van der Waals surface area contributed by atoms with Gasteiger partial charge in [0.25, 0.3) is 0 Å². The molecule has 0 aromatic heterocycles. The molecule has 4 nitrogen and oxygen atoms in total. The van der Waals surface area contributed by atoms with E-state index in [0.29, 0.717) is 19.4 Å². The van der Waals surface area contributed by atoms with E-state index in [1.807, 2.05) is 6.92 Å². The molecular formula is C16H27F3N2O2. The molecule has 0 heterocycles. The number of aliphatic hydroxyl groups excluding tert-OH is 1. The third kappa shape index (κ3) is 4.99. The van der Waals surface area contributed by atoms with E-state index in [2.05, 4.69) is 10.6 Å². The first-order valence-corrected chi connectivity index (χ1v) is 8.50. The second-order valence-electron chi connectivity index (χ2n) is 7.34. The second kappa shape index (κ2) is 7.28. The van der Waals surface area contributed by atoms with Crippen molar-refractivity contribution in [2.75, 3.05) is 6.54 Å². The first kappa shape index (κ1) is 18.4. The Morgan fingerprint density at radius 1 is 1.22 bits per heavy atom. The summed E-state index contributed by atoms with van der Waals surface area (Å²) in [5.41, 5.74) is -0.351. The molecule has 0 radical (unpaired) electrons. The standard InChI is InChI=1S/C16H27F3N2O2/c1-15(8-3-2-7-13(15)22)10-20-14(23)21-12-6-4-5-11(9-12)16(17,18)19/h11-13,22H,2-10H2,1H3,(H2,20,21,23). The lowest BCUT2D eigenvalue weighted by atomic mass is 9.73. The first-order valence-electron chi connectivity index (χ1n) is 8.50. The Bertz CT molecular complexity index is 417. The molecule has 0 aromatic rings. The summed E-state index contributed by atoms with van der Waals surface area (Å²) in [6, 6.07) is -0.865. The highest BCUT2D eigenvalue weighted by Crippen LogP contribution is 2.38. The highest BCUT2D eigenvalue weighted by Gasteiger charge is 2.42. The lowest BCUT2D eigenvalue weighted by molar-refractivity contribution is -0.183. The SMILES string of the molecule is CC1(CNC(=O)NC2CCCC(C(F)(F)F)C2)CCCCC1O. The summed E-state index contributed by atoms with van der Waals surface area (Å²) >= 11 is 0. The summed E-state index contributed by atoms with van der Waals surface area (Å²) in [4.78, 5) is 12.0. The molecular weight excluding hydrogens is 309 g/mol. The fourth-order valence-corrected chi connectivity index (χ4v) is 3.72. The maximum atomic E-state index is 12.8. The Hall–Kier alpha value is -0.980. The average molecular weight is 336 g/mol. The number of amides is 2. The van der Waals surface area contributed by atoms with Gasteiger partial charge in [-0.2, -0.15) is 13.2 Å². The number of carbonyl (C=O) groups excluding carboxylic acids is 1. The summed E-state index contributed by atoms with van der Waals surface area (Å²) < 4.78 is 38.3. The molecule has 7 heteroatoms. The molecule has 3 N–H and O–H groups in total. The van der Waals surface area contributed by atoms with Crippen molar-refractivity contribution in [3.8, 4) is 0 Å². The minimum atomic E-state index is -4.18. The van der Waals surface area contributed by atoms with Crippen molar-refractivity contribution < 1.29 is 23.1 Å². The van der Waals surface area contributed by atoms with Crippen LogP contribution in [0.3, 0.4) is 0 Å². The number of nitrogens with one attached hydrogen (secondary N) is 2. The third-order valence-electron chi connectivity index (χ3n) is 5.41. The van der Waals surface area contributed by atoms with Gasteiger partial charge in [-0.15, -0.1) is 0 Å². The fourth-order valence-electron chi connectivity index (χ4n) is 3.72. The highest BCUT2D eigenvalue weighted by molar-refractivity contribution is 5.74. The normalized spacial score (nSPS) is 35.6. The van der Waals surface area contributed by atoms with Crippen molar-refractivity contribution in [3.05, 3.63) is 0 Å². The Labute approximate surface area is 135 Å². The molecule has 2 aliphatic carbocycles. The van der Waals surface area contributed by atoms with Crippen LogP contribution in [0.25, 0.3) is 0 Å². The molecule has 0 aromatic carbocycles. The van der Waals surface area contributed by atoms with E-state index in [0.717, 1.165) is 25.7 Å². The number of hydrogen-bond acceptors (Lipinski definition) is 2. The Kier molecular flexibility index (Phi) is 5.81. The average Bonchev–Trinajstić information content (AvgIpc) is 2.48. The van der Waals surface area contributed by atoms with Crippen LogP contribution < -0.4 is 10.6 Å². The zero-order valence-corrected chi connectivity index (χ0v) is 13.6. The zero-order valence-electron chi connectivity index (χ0n) is 13.6. The second-order valence-corrected chi connectivity index (χ2v) is 7.34. The van der Waals surface area contributed by atoms with Gasteiger partial charge in [0.2, 0.25) is 0 Å². The van der Waals surface area contributed by atoms with Crippen LogP contribution >= 0.6 is 0 Å². The monoisotopic (exact) mass is 336 g/mol. The first-order chi connectivity index (χ1) is 10.7. The van der Waals surface area contributed by atoms with E-state index >= 15 is 0 Å². The third-order valence-corrected chi connectivity index (χ3v) is 5.41. The predicted molar refractivity (Wildman–Crippen MR) is 80.9 cm³/mol. The van der Waals surface area contributed by atoms with Gasteiger partial charge in [-0.05, 0) is 32.1 Å². The van der Waals surface area contributed by atoms with E-state index in [-0.39, 0.29) is 18.3 Å². The van der Waals surface area contributed by atoms with Crippen LogP contribution in [0.15, 0.2) is 0 Å². The Balaban J connectivity index is 1.78. The molecule has 2 saturated carbocycles. The number of carbonyl (C=O) groups is 1. The summed E-state index contributed by atoms with van der Waals surface area (Å²) in [5.74, 6) is -1.32. The topological polar surface area (TPSA) is 61.4 Å². The van der Waals surface area contributed by atoms with Crippen molar-refractivity contribution in [2.45, 2.75) is 76.6 Å². The molecule has 0 bridgehead atoms. The largest absolute Gasteiger partial charge is 0.392 e. The van der Waals surface area contributed by atoms with Crippen molar-refractivity contribution in [1.82, 2.24) is 10.6 Å². The van der Waals surface area contributed by atoms with E-state index in [4.69, 9.17) is 0 Å². The molecule has 2 rings (SSSR count). The summed E-state index contributed by atoms with van der Waals surface area (Å²) in [6.07, 6.45) is 0.118. The summed E-state index contributed by atoms with van der Waals surface area (Å²) in [5, 5.41) is 15.5. The number of aliphatic hydroxyl groups is 1. The number of alkyl halides is 3. The van der Waals surface area contributed by atoms with Crippen molar-refractivity contribution in [2.24, 2.45) is 11.3 Å². The van der Waals surface area contributed by atoms with Gasteiger partial charge in [-0.3, -0.25) is 0 Å². The Morgan fingerprint density at radius 2 is 1.96 bits per heavy atom. The molecule has 4 atom stereocenters. The molecule has 4 unspecified atom stereocenters.